The summed E-state index contributed by atoms with van der Waals surface area (Å²) in [7, 11) is 0. The van der Waals surface area contributed by atoms with Gasteiger partial charge in [-0.25, -0.2) is 0 Å². The molecule has 2 bridgehead atoms. The van der Waals surface area contributed by atoms with Crippen LogP contribution in [0.2, 0.25) is 0 Å². The lowest BCUT2D eigenvalue weighted by Crippen LogP contribution is -2.39. The Morgan fingerprint density at radius 1 is 1.27 bits per heavy atom. The molecule has 0 radical (unpaired) electrons. The van der Waals surface area contributed by atoms with Crippen LogP contribution in [0.1, 0.15) is 32.1 Å². The van der Waals surface area contributed by atoms with Gasteiger partial charge in [0.15, 0.2) is 0 Å². The molecule has 2 fully saturated rings. The molecule has 6 heteroatoms. The van der Waals surface area contributed by atoms with Crippen molar-refractivity contribution >= 4 is 34.9 Å². The molecule has 3 N–H and O–H groups in total. The van der Waals surface area contributed by atoms with Gasteiger partial charge in [0.1, 0.15) is 0 Å². The molecule has 118 valence electrons. The highest BCUT2D eigenvalue weighted by molar-refractivity contribution is 6.00. The van der Waals surface area contributed by atoms with Crippen LogP contribution in [-0.4, -0.2) is 28.2 Å². The minimum Gasteiger partial charge on any atom is -0.324 e. The summed E-state index contributed by atoms with van der Waals surface area (Å²) in [6.07, 6.45) is 7.22. The first-order chi connectivity index (χ1) is 10.3. The zero-order chi connectivity index (χ0) is 14.2. The van der Waals surface area contributed by atoms with Crippen molar-refractivity contribution in [1.29, 1.82) is 0 Å². The highest BCUT2D eigenvalue weighted by Crippen LogP contribution is 2.33. The number of halogens is 1. The number of benzene rings is 1. The monoisotopic (exact) mass is 320 g/mol. The number of carbonyl (C=O) groups is 1. The maximum absolute atomic E-state index is 12.3. The van der Waals surface area contributed by atoms with Gasteiger partial charge in [0.2, 0.25) is 5.91 Å². The lowest BCUT2D eigenvalue weighted by Gasteiger charge is -2.28. The van der Waals surface area contributed by atoms with Crippen LogP contribution < -0.4 is 10.6 Å². The Morgan fingerprint density at radius 2 is 2.05 bits per heavy atom. The highest BCUT2D eigenvalue weighted by atomic mass is 35.5. The molecule has 2 saturated heterocycles. The number of aromatic nitrogens is 2. The van der Waals surface area contributed by atoms with E-state index in [2.05, 4.69) is 20.8 Å². The van der Waals surface area contributed by atoms with Crippen LogP contribution in [0.3, 0.4) is 0 Å². The predicted octanol–water partition coefficient (Wildman–Crippen LogP) is 2.84. The number of piperidine rings is 1. The van der Waals surface area contributed by atoms with Crippen molar-refractivity contribution in [1.82, 2.24) is 15.5 Å². The first-order valence-electron chi connectivity index (χ1n) is 7.76. The van der Waals surface area contributed by atoms with Crippen molar-refractivity contribution in [2.24, 2.45) is 5.92 Å². The Hall–Kier alpha value is -1.59. The smallest absolute Gasteiger partial charge is 0.224 e. The summed E-state index contributed by atoms with van der Waals surface area (Å²) in [5.74, 6) is 0.633. The minimum absolute atomic E-state index is 0. The highest BCUT2D eigenvalue weighted by Gasteiger charge is 2.34. The van der Waals surface area contributed by atoms with Gasteiger partial charge in [-0.1, -0.05) is 12.1 Å². The van der Waals surface area contributed by atoms with E-state index in [4.69, 9.17) is 0 Å². The fraction of sp³-hybridized carbons (Fsp3) is 0.500. The average Bonchev–Trinajstić information content (AvgIpc) is 3.06. The molecule has 3 heterocycles. The molecule has 2 aromatic rings. The molecule has 2 unspecified atom stereocenters. The number of nitrogens with zero attached hydrogens (tertiary/aromatic N) is 1. The van der Waals surface area contributed by atoms with Gasteiger partial charge in [-0.3, -0.25) is 9.89 Å². The molecule has 2 atom stereocenters. The van der Waals surface area contributed by atoms with E-state index in [-0.39, 0.29) is 18.3 Å². The van der Waals surface area contributed by atoms with E-state index in [1.807, 2.05) is 18.2 Å². The summed E-state index contributed by atoms with van der Waals surface area (Å²) < 4.78 is 0. The summed E-state index contributed by atoms with van der Waals surface area (Å²) in [5.41, 5.74) is 1.73. The van der Waals surface area contributed by atoms with E-state index in [0.717, 1.165) is 29.4 Å². The molecule has 22 heavy (non-hydrogen) atoms. The van der Waals surface area contributed by atoms with E-state index in [9.17, 15) is 4.79 Å². The Bertz CT molecular complexity index is 659. The minimum atomic E-state index is 0. The number of nitrogens with one attached hydrogen (secondary N) is 3. The Balaban J connectivity index is 0.00000144. The van der Waals surface area contributed by atoms with Gasteiger partial charge in [0, 0.05) is 23.9 Å². The third kappa shape index (κ3) is 2.96. The number of hydrogen-bond acceptors (Lipinski definition) is 3. The lowest BCUT2D eigenvalue weighted by molar-refractivity contribution is -0.117. The summed E-state index contributed by atoms with van der Waals surface area (Å²) in [5, 5.41) is 14.7. The van der Waals surface area contributed by atoms with Crippen molar-refractivity contribution in [2.45, 2.75) is 44.2 Å². The molecule has 1 amide bonds. The SMILES string of the molecule is Cl.O=C(CC1CC2CCC(C1)N2)Nc1cccc2cn[nH]c12. The van der Waals surface area contributed by atoms with E-state index >= 15 is 0 Å². The second-order valence-corrected chi connectivity index (χ2v) is 6.37. The number of hydrogen-bond donors (Lipinski definition) is 3. The number of anilines is 1. The van der Waals surface area contributed by atoms with Crippen LogP contribution >= 0.6 is 12.4 Å². The van der Waals surface area contributed by atoms with Crippen LogP contribution in [0.25, 0.3) is 10.9 Å². The number of para-hydroxylation sites is 1. The van der Waals surface area contributed by atoms with Crippen LogP contribution in [0.4, 0.5) is 5.69 Å². The molecule has 0 aliphatic carbocycles. The fourth-order valence-corrected chi connectivity index (χ4v) is 3.88. The van der Waals surface area contributed by atoms with Crippen LogP contribution in [0, 0.1) is 5.92 Å². The van der Waals surface area contributed by atoms with Gasteiger partial charge in [0.25, 0.3) is 0 Å². The second-order valence-electron chi connectivity index (χ2n) is 6.37. The summed E-state index contributed by atoms with van der Waals surface area (Å²) in [6, 6.07) is 7.12. The summed E-state index contributed by atoms with van der Waals surface area (Å²) in [4.78, 5) is 12.3. The molecule has 5 nitrogen and oxygen atoms in total. The molecular weight excluding hydrogens is 300 g/mol. The van der Waals surface area contributed by atoms with Crippen molar-refractivity contribution < 1.29 is 4.79 Å². The molecule has 1 aromatic heterocycles. The Labute approximate surface area is 135 Å². The van der Waals surface area contributed by atoms with Crippen molar-refractivity contribution in [3.8, 4) is 0 Å². The van der Waals surface area contributed by atoms with Crippen LogP contribution in [0.15, 0.2) is 24.4 Å². The predicted molar refractivity (Wildman–Crippen MR) is 89.3 cm³/mol. The van der Waals surface area contributed by atoms with Crippen molar-refractivity contribution in [2.75, 3.05) is 5.32 Å². The van der Waals surface area contributed by atoms with Gasteiger partial charge in [0.05, 0.1) is 17.4 Å². The van der Waals surface area contributed by atoms with E-state index in [0.29, 0.717) is 24.4 Å². The molecule has 2 aliphatic heterocycles. The van der Waals surface area contributed by atoms with Gasteiger partial charge >= 0.3 is 0 Å². The molecule has 0 spiro atoms. The maximum atomic E-state index is 12.3. The van der Waals surface area contributed by atoms with E-state index in [1.165, 1.54) is 12.8 Å². The third-order valence-electron chi connectivity index (χ3n) is 4.80. The number of H-pyrrole nitrogens is 1. The number of aromatic amines is 1. The number of carbonyl (C=O) groups excluding carboxylic acids is 1. The number of rotatable bonds is 3. The standard InChI is InChI=1S/C16H20N4O.ClH/c21-15(8-10-6-12-4-5-13(7-10)18-12)19-14-3-1-2-11-9-17-20-16(11)14;/h1-3,9-10,12-13,18H,4-8H2,(H,17,20)(H,19,21);1H. The fourth-order valence-electron chi connectivity index (χ4n) is 3.88. The third-order valence-corrected chi connectivity index (χ3v) is 4.80. The molecular formula is C16H21ClN4O. The molecule has 4 rings (SSSR count). The van der Waals surface area contributed by atoms with Gasteiger partial charge in [-0.05, 0) is 37.7 Å². The van der Waals surface area contributed by atoms with Gasteiger partial charge < -0.3 is 10.6 Å². The Kier molecular flexibility index (Phi) is 4.36. The average molecular weight is 321 g/mol. The largest absolute Gasteiger partial charge is 0.324 e. The van der Waals surface area contributed by atoms with Crippen molar-refractivity contribution in [3.05, 3.63) is 24.4 Å². The topological polar surface area (TPSA) is 69.8 Å². The number of fused-ring (bicyclic) bond motifs is 3. The van der Waals surface area contributed by atoms with E-state index < -0.39 is 0 Å². The Morgan fingerprint density at radius 3 is 2.82 bits per heavy atom. The van der Waals surface area contributed by atoms with Gasteiger partial charge in [-0.15, -0.1) is 12.4 Å². The zero-order valence-electron chi connectivity index (χ0n) is 12.3. The van der Waals surface area contributed by atoms with Crippen LogP contribution in [0.5, 0.6) is 0 Å². The number of amides is 1. The van der Waals surface area contributed by atoms with Gasteiger partial charge in [-0.2, -0.15) is 5.10 Å². The summed E-state index contributed by atoms with van der Waals surface area (Å²) in [6.45, 7) is 0. The van der Waals surface area contributed by atoms with Crippen molar-refractivity contribution in [3.63, 3.8) is 0 Å². The summed E-state index contributed by atoms with van der Waals surface area (Å²) >= 11 is 0. The van der Waals surface area contributed by atoms with E-state index in [1.54, 1.807) is 6.20 Å². The molecule has 2 aliphatic rings. The van der Waals surface area contributed by atoms with Crippen LogP contribution in [-0.2, 0) is 4.79 Å². The molecule has 0 saturated carbocycles. The zero-order valence-corrected chi connectivity index (χ0v) is 13.2. The normalized spacial score (nSPS) is 26.6. The quantitative estimate of drug-likeness (QED) is 0.814. The maximum Gasteiger partial charge on any atom is 0.224 e. The second kappa shape index (κ2) is 6.26. The lowest BCUT2D eigenvalue weighted by atomic mass is 9.89. The first-order valence-corrected chi connectivity index (χ1v) is 7.76. The first kappa shape index (κ1) is 15.3. The molecule has 1 aromatic carbocycles.